The smallest absolute Gasteiger partial charge is 0.313 e. The third-order valence-electron chi connectivity index (χ3n) is 1.74. The van der Waals surface area contributed by atoms with Crippen LogP contribution in [0.3, 0.4) is 0 Å². The number of ketones is 1. The van der Waals surface area contributed by atoms with Crippen LogP contribution in [0.4, 0.5) is 0 Å². The minimum absolute atomic E-state index is 0.0264. The molecule has 0 bridgehead atoms. The van der Waals surface area contributed by atoms with Crippen LogP contribution in [-0.4, -0.2) is 18.4 Å². The second-order valence-electron chi connectivity index (χ2n) is 3.89. The first-order valence-electron chi connectivity index (χ1n) is 5.23. The van der Waals surface area contributed by atoms with E-state index in [-0.39, 0.29) is 18.2 Å². The Morgan fingerprint density at radius 1 is 1.29 bits per heavy atom. The first-order valence-corrected chi connectivity index (χ1v) is 5.23. The molecule has 0 fully saturated rings. The Morgan fingerprint density at radius 3 is 2.43 bits per heavy atom. The minimum atomic E-state index is -0.385. The fourth-order valence-electron chi connectivity index (χ4n) is 1.07. The fourth-order valence-corrected chi connectivity index (χ4v) is 1.07. The number of esters is 1. The Bertz CT molecular complexity index is 185. The molecule has 0 N–H and O–H groups in total. The highest BCUT2D eigenvalue weighted by Gasteiger charge is 2.11. The van der Waals surface area contributed by atoms with E-state index < -0.39 is 0 Å². The first-order chi connectivity index (χ1) is 6.56. The largest absolute Gasteiger partial charge is 0.465 e. The van der Waals surface area contributed by atoms with Gasteiger partial charge in [-0.25, -0.2) is 0 Å². The molecule has 0 aromatic carbocycles. The van der Waals surface area contributed by atoms with E-state index >= 15 is 0 Å². The normalized spacial score (nSPS) is 10.3. The standard InChI is InChI=1S/C11H20O3/c1-4-5-6-14-11(13)8-10(12)7-9(2)3/h9H,4-8H2,1-3H3. The van der Waals surface area contributed by atoms with Gasteiger partial charge in [-0.15, -0.1) is 0 Å². The zero-order valence-corrected chi connectivity index (χ0v) is 9.34. The summed E-state index contributed by atoms with van der Waals surface area (Å²) in [5.41, 5.74) is 0. The number of hydrogen-bond acceptors (Lipinski definition) is 3. The van der Waals surface area contributed by atoms with E-state index in [1.807, 2.05) is 20.8 Å². The SMILES string of the molecule is CCCCOC(=O)CC(=O)CC(C)C. The lowest BCUT2D eigenvalue weighted by Gasteiger charge is -2.04. The molecule has 0 rings (SSSR count). The molecule has 3 nitrogen and oxygen atoms in total. The van der Waals surface area contributed by atoms with Crippen molar-refractivity contribution in [2.24, 2.45) is 5.92 Å². The van der Waals surface area contributed by atoms with Crippen molar-refractivity contribution in [3.8, 4) is 0 Å². The van der Waals surface area contributed by atoms with E-state index in [1.165, 1.54) is 0 Å². The van der Waals surface area contributed by atoms with Crippen molar-refractivity contribution in [3.63, 3.8) is 0 Å². The molecule has 14 heavy (non-hydrogen) atoms. The summed E-state index contributed by atoms with van der Waals surface area (Å²) in [7, 11) is 0. The van der Waals surface area contributed by atoms with Gasteiger partial charge in [0.25, 0.3) is 0 Å². The predicted molar refractivity (Wildman–Crippen MR) is 54.9 cm³/mol. The topological polar surface area (TPSA) is 43.4 Å². The Hall–Kier alpha value is -0.860. The van der Waals surface area contributed by atoms with E-state index in [9.17, 15) is 9.59 Å². The van der Waals surface area contributed by atoms with Crippen LogP contribution in [0, 0.1) is 5.92 Å². The van der Waals surface area contributed by atoms with Crippen LogP contribution in [0.15, 0.2) is 0 Å². The van der Waals surface area contributed by atoms with Gasteiger partial charge < -0.3 is 4.74 Å². The van der Waals surface area contributed by atoms with E-state index in [0.717, 1.165) is 12.8 Å². The molecule has 82 valence electrons. The molecular weight excluding hydrogens is 180 g/mol. The maximum atomic E-state index is 11.2. The number of unbranched alkanes of at least 4 members (excludes halogenated alkanes) is 1. The summed E-state index contributed by atoms with van der Waals surface area (Å²) in [6.07, 6.45) is 2.25. The molecule has 0 aliphatic heterocycles. The van der Waals surface area contributed by atoms with Gasteiger partial charge in [-0.05, 0) is 12.3 Å². The van der Waals surface area contributed by atoms with Crippen LogP contribution in [0.1, 0.15) is 46.5 Å². The Labute approximate surface area is 85.8 Å². The Kier molecular flexibility index (Phi) is 7.07. The molecule has 0 unspecified atom stereocenters. The zero-order chi connectivity index (χ0) is 11.0. The molecule has 0 aliphatic rings. The molecule has 0 radical (unpaired) electrons. The Balaban J connectivity index is 3.56. The van der Waals surface area contributed by atoms with Crippen molar-refractivity contribution < 1.29 is 14.3 Å². The molecule has 0 aliphatic carbocycles. The lowest BCUT2D eigenvalue weighted by molar-refractivity contribution is -0.146. The molecule has 0 saturated carbocycles. The van der Waals surface area contributed by atoms with Gasteiger partial charge in [-0.3, -0.25) is 9.59 Å². The molecule has 0 aromatic heterocycles. The van der Waals surface area contributed by atoms with Crippen LogP contribution in [0.25, 0.3) is 0 Å². The van der Waals surface area contributed by atoms with Crippen LogP contribution in [0.5, 0.6) is 0 Å². The van der Waals surface area contributed by atoms with E-state index in [1.54, 1.807) is 0 Å². The monoisotopic (exact) mass is 200 g/mol. The molecule has 0 amide bonds. The van der Waals surface area contributed by atoms with Gasteiger partial charge in [-0.2, -0.15) is 0 Å². The molecular formula is C11H20O3. The maximum Gasteiger partial charge on any atom is 0.313 e. The average Bonchev–Trinajstić information content (AvgIpc) is 2.02. The van der Waals surface area contributed by atoms with Gasteiger partial charge in [0.1, 0.15) is 12.2 Å². The van der Waals surface area contributed by atoms with Gasteiger partial charge in [-0.1, -0.05) is 27.2 Å². The highest BCUT2D eigenvalue weighted by molar-refractivity contribution is 5.95. The number of Topliss-reactive ketones (excluding diaryl/α,β-unsaturated/α-hetero) is 1. The zero-order valence-electron chi connectivity index (χ0n) is 9.34. The average molecular weight is 200 g/mol. The molecule has 0 aromatic rings. The fraction of sp³-hybridized carbons (Fsp3) is 0.818. The van der Waals surface area contributed by atoms with E-state index in [0.29, 0.717) is 18.9 Å². The summed E-state index contributed by atoms with van der Waals surface area (Å²) in [6.45, 7) is 6.38. The predicted octanol–water partition coefficient (Wildman–Crippen LogP) is 2.33. The number of ether oxygens (including phenoxy) is 1. The highest BCUT2D eigenvalue weighted by atomic mass is 16.5. The van der Waals surface area contributed by atoms with Gasteiger partial charge in [0, 0.05) is 6.42 Å². The number of rotatable bonds is 7. The highest BCUT2D eigenvalue weighted by Crippen LogP contribution is 2.03. The van der Waals surface area contributed by atoms with Crippen LogP contribution in [-0.2, 0) is 14.3 Å². The van der Waals surface area contributed by atoms with E-state index in [2.05, 4.69) is 0 Å². The van der Waals surface area contributed by atoms with Crippen molar-refractivity contribution in [2.45, 2.75) is 46.5 Å². The third kappa shape index (κ3) is 7.77. The lowest BCUT2D eigenvalue weighted by Crippen LogP contribution is -2.13. The van der Waals surface area contributed by atoms with E-state index in [4.69, 9.17) is 4.74 Å². The van der Waals surface area contributed by atoms with Crippen molar-refractivity contribution in [2.75, 3.05) is 6.61 Å². The van der Waals surface area contributed by atoms with Crippen LogP contribution < -0.4 is 0 Å². The number of carbonyl (C=O) groups is 2. The third-order valence-corrected chi connectivity index (χ3v) is 1.74. The lowest BCUT2D eigenvalue weighted by atomic mass is 10.1. The molecule has 0 saturated heterocycles. The quantitative estimate of drug-likeness (QED) is 0.360. The van der Waals surface area contributed by atoms with Crippen LogP contribution >= 0.6 is 0 Å². The minimum Gasteiger partial charge on any atom is -0.465 e. The number of hydrogen-bond donors (Lipinski definition) is 0. The second-order valence-corrected chi connectivity index (χ2v) is 3.89. The first kappa shape index (κ1) is 13.1. The molecule has 0 atom stereocenters. The maximum absolute atomic E-state index is 11.2. The summed E-state index contributed by atoms with van der Waals surface area (Å²) in [6, 6.07) is 0. The van der Waals surface area contributed by atoms with Crippen molar-refractivity contribution in [1.82, 2.24) is 0 Å². The van der Waals surface area contributed by atoms with Crippen LogP contribution in [0.2, 0.25) is 0 Å². The van der Waals surface area contributed by atoms with Gasteiger partial charge in [0.15, 0.2) is 0 Å². The second kappa shape index (κ2) is 7.54. The summed E-state index contributed by atoms with van der Waals surface area (Å²) >= 11 is 0. The van der Waals surface area contributed by atoms with Crippen molar-refractivity contribution in [1.29, 1.82) is 0 Å². The molecule has 0 heterocycles. The number of carbonyl (C=O) groups excluding carboxylic acids is 2. The summed E-state index contributed by atoms with van der Waals surface area (Å²) in [4.78, 5) is 22.3. The van der Waals surface area contributed by atoms with Crippen molar-refractivity contribution >= 4 is 11.8 Å². The van der Waals surface area contributed by atoms with Gasteiger partial charge >= 0.3 is 5.97 Å². The van der Waals surface area contributed by atoms with Gasteiger partial charge in [0.05, 0.1) is 6.61 Å². The Morgan fingerprint density at radius 2 is 1.93 bits per heavy atom. The molecule has 3 heteroatoms. The molecule has 0 spiro atoms. The van der Waals surface area contributed by atoms with Gasteiger partial charge in [0.2, 0.25) is 0 Å². The summed E-state index contributed by atoms with van der Waals surface area (Å²) in [5.74, 6) is -0.100. The van der Waals surface area contributed by atoms with Crippen molar-refractivity contribution in [3.05, 3.63) is 0 Å². The summed E-state index contributed by atoms with van der Waals surface area (Å²) < 4.78 is 4.87. The summed E-state index contributed by atoms with van der Waals surface area (Å²) in [5, 5.41) is 0.